The molecule has 3 saturated heterocycles. The largest absolute Gasteiger partial charge is 0.461 e. The standard InChI is InChI=1S/C20H27NO4/c1-11(2)16-15(9-14-18-19(25-18)17(16)21(14)3)24-20(23)13(10-22)12-7-5-4-6-8-12/h4-8,11,13-19,22H,9-10H2,1-3H3/t13-,14-,15-,16?,17+,18?,19?/m1/s1. The van der Waals surface area contributed by atoms with E-state index in [1.54, 1.807) is 0 Å². The van der Waals surface area contributed by atoms with E-state index in [1.807, 2.05) is 30.3 Å². The maximum atomic E-state index is 12.8. The zero-order chi connectivity index (χ0) is 17.7. The lowest BCUT2D eigenvalue weighted by molar-refractivity contribution is -0.164. The number of hydrogen-bond acceptors (Lipinski definition) is 5. The summed E-state index contributed by atoms with van der Waals surface area (Å²) in [6.07, 6.45) is 1.32. The number of rotatable bonds is 5. The number of hydrogen-bond donors (Lipinski definition) is 1. The third-order valence-electron chi connectivity index (χ3n) is 6.27. The molecule has 1 N–H and O–H groups in total. The minimum Gasteiger partial charge on any atom is -0.461 e. The van der Waals surface area contributed by atoms with Crippen LogP contribution in [0.3, 0.4) is 0 Å². The molecular weight excluding hydrogens is 318 g/mol. The second-order valence-corrected chi connectivity index (χ2v) is 7.97. The zero-order valence-electron chi connectivity index (χ0n) is 15.0. The number of carbonyl (C=O) groups is 1. The molecule has 7 atom stereocenters. The Labute approximate surface area is 148 Å². The van der Waals surface area contributed by atoms with E-state index in [0.29, 0.717) is 30.2 Å². The van der Waals surface area contributed by atoms with E-state index >= 15 is 0 Å². The topological polar surface area (TPSA) is 62.3 Å². The van der Waals surface area contributed by atoms with Crippen LogP contribution in [-0.2, 0) is 14.3 Å². The highest BCUT2D eigenvalue weighted by Gasteiger charge is 2.66. The summed E-state index contributed by atoms with van der Waals surface area (Å²) in [5.41, 5.74) is 0.804. The lowest BCUT2D eigenvalue weighted by Crippen LogP contribution is -2.55. The third-order valence-corrected chi connectivity index (χ3v) is 6.27. The van der Waals surface area contributed by atoms with Gasteiger partial charge in [-0.3, -0.25) is 9.69 Å². The highest BCUT2D eigenvalue weighted by atomic mass is 16.6. The summed E-state index contributed by atoms with van der Waals surface area (Å²) >= 11 is 0. The SMILES string of the molecule is CC(C)C1[C@H]2C3OC3[C@@H](C[C@H]1OC(=O)[C@H](CO)c1ccccc1)N2C. The van der Waals surface area contributed by atoms with Crippen molar-refractivity contribution in [3.63, 3.8) is 0 Å². The molecule has 3 aliphatic heterocycles. The fourth-order valence-corrected chi connectivity index (χ4v) is 4.99. The average Bonchev–Trinajstić information content (AvgIpc) is 3.33. The lowest BCUT2D eigenvalue weighted by Gasteiger charge is -2.45. The number of epoxide rings is 1. The summed E-state index contributed by atoms with van der Waals surface area (Å²) in [6, 6.07) is 10.1. The number of morpholine rings is 1. The number of aliphatic hydroxyl groups is 1. The number of fused-ring (bicyclic) bond motifs is 5. The molecule has 0 spiro atoms. The predicted molar refractivity (Wildman–Crippen MR) is 93.1 cm³/mol. The first-order valence-corrected chi connectivity index (χ1v) is 9.26. The maximum absolute atomic E-state index is 12.8. The average molecular weight is 345 g/mol. The van der Waals surface area contributed by atoms with Crippen molar-refractivity contribution in [2.45, 2.75) is 56.6 Å². The Kier molecular flexibility index (Phi) is 4.34. The van der Waals surface area contributed by atoms with Gasteiger partial charge in [0.25, 0.3) is 0 Å². The molecule has 25 heavy (non-hydrogen) atoms. The smallest absolute Gasteiger partial charge is 0.316 e. The van der Waals surface area contributed by atoms with Crippen molar-refractivity contribution < 1.29 is 19.4 Å². The van der Waals surface area contributed by atoms with Crippen LogP contribution in [-0.4, -0.2) is 60.0 Å². The molecule has 0 aromatic heterocycles. The van der Waals surface area contributed by atoms with E-state index in [4.69, 9.17) is 9.47 Å². The molecule has 5 heteroatoms. The summed E-state index contributed by atoms with van der Waals surface area (Å²) < 4.78 is 11.8. The zero-order valence-corrected chi connectivity index (χ0v) is 15.0. The van der Waals surface area contributed by atoms with Crippen LogP contribution in [0.2, 0.25) is 0 Å². The van der Waals surface area contributed by atoms with E-state index in [0.717, 1.165) is 12.0 Å². The summed E-state index contributed by atoms with van der Waals surface area (Å²) in [7, 11) is 2.17. The Hall–Kier alpha value is -1.43. The van der Waals surface area contributed by atoms with Crippen LogP contribution in [0.15, 0.2) is 30.3 Å². The van der Waals surface area contributed by atoms with Crippen molar-refractivity contribution in [3.8, 4) is 0 Å². The molecule has 0 radical (unpaired) electrons. The van der Waals surface area contributed by atoms with E-state index in [9.17, 15) is 9.90 Å². The van der Waals surface area contributed by atoms with Crippen LogP contribution >= 0.6 is 0 Å². The minimum atomic E-state index is -0.614. The van der Waals surface area contributed by atoms with Gasteiger partial charge in [0.05, 0.1) is 6.61 Å². The molecule has 1 aromatic carbocycles. The number of carbonyl (C=O) groups excluding carboxylic acids is 1. The Balaban J connectivity index is 1.52. The number of piperidine rings is 1. The summed E-state index contributed by atoms with van der Waals surface area (Å²) in [4.78, 5) is 15.2. The Bertz CT molecular complexity index is 634. The first-order valence-electron chi connectivity index (χ1n) is 9.26. The molecule has 3 heterocycles. The van der Waals surface area contributed by atoms with Crippen molar-refractivity contribution in [2.75, 3.05) is 13.7 Å². The summed E-state index contributed by atoms with van der Waals surface area (Å²) in [5.74, 6) is -0.267. The number of nitrogens with zero attached hydrogens (tertiary/aromatic N) is 1. The third kappa shape index (κ3) is 2.78. The van der Waals surface area contributed by atoms with Gasteiger partial charge in [-0.1, -0.05) is 44.2 Å². The maximum Gasteiger partial charge on any atom is 0.316 e. The van der Waals surface area contributed by atoms with Gasteiger partial charge >= 0.3 is 5.97 Å². The van der Waals surface area contributed by atoms with Crippen molar-refractivity contribution in [2.24, 2.45) is 11.8 Å². The number of aliphatic hydroxyl groups excluding tert-OH is 1. The Morgan fingerprint density at radius 3 is 2.68 bits per heavy atom. The van der Waals surface area contributed by atoms with Crippen LogP contribution in [0.5, 0.6) is 0 Å². The highest BCUT2D eigenvalue weighted by Crippen LogP contribution is 2.52. The van der Waals surface area contributed by atoms with Gasteiger partial charge < -0.3 is 14.6 Å². The summed E-state index contributed by atoms with van der Waals surface area (Å²) in [6.45, 7) is 4.15. The Morgan fingerprint density at radius 2 is 2.04 bits per heavy atom. The number of esters is 1. The van der Waals surface area contributed by atoms with Crippen molar-refractivity contribution in [1.29, 1.82) is 0 Å². The number of ether oxygens (including phenoxy) is 2. The van der Waals surface area contributed by atoms with Crippen LogP contribution in [0.1, 0.15) is 31.7 Å². The molecule has 5 nitrogen and oxygen atoms in total. The second-order valence-electron chi connectivity index (χ2n) is 7.97. The van der Waals surface area contributed by atoms with Crippen molar-refractivity contribution >= 4 is 5.97 Å². The molecule has 2 bridgehead atoms. The quantitative estimate of drug-likeness (QED) is 0.651. The summed E-state index contributed by atoms with van der Waals surface area (Å²) in [5, 5.41) is 9.73. The first kappa shape index (κ1) is 17.0. The minimum absolute atomic E-state index is 0.104. The van der Waals surface area contributed by atoms with Crippen LogP contribution in [0.25, 0.3) is 0 Å². The van der Waals surface area contributed by atoms with Gasteiger partial charge in [0.15, 0.2) is 0 Å². The molecule has 1 aromatic rings. The molecule has 3 unspecified atom stereocenters. The predicted octanol–water partition coefficient (Wildman–Crippen LogP) is 1.80. The monoisotopic (exact) mass is 345 g/mol. The molecule has 136 valence electrons. The van der Waals surface area contributed by atoms with Gasteiger partial charge in [0.2, 0.25) is 0 Å². The molecule has 0 aliphatic carbocycles. The molecule has 3 aliphatic rings. The molecule has 3 fully saturated rings. The van der Waals surface area contributed by atoms with Gasteiger partial charge in [-0.25, -0.2) is 0 Å². The Morgan fingerprint density at radius 1 is 1.32 bits per heavy atom. The van der Waals surface area contributed by atoms with Crippen LogP contribution in [0, 0.1) is 11.8 Å². The fraction of sp³-hybridized carbons (Fsp3) is 0.650. The van der Waals surface area contributed by atoms with Crippen molar-refractivity contribution in [1.82, 2.24) is 4.90 Å². The normalized spacial score (nSPS) is 37.6. The van der Waals surface area contributed by atoms with E-state index in [2.05, 4.69) is 25.8 Å². The van der Waals surface area contributed by atoms with E-state index < -0.39 is 5.92 Å². The fourth-order valence-electron chi connectivity index (χ4n) is 4.99. The second kappa shape index (κ2) is 6.38. The molecule has 4 rings (SSSR count). The highest BCUT2D eigenvalue weighted by molar-refractivity contribution is 5.78. The van der Waals surface area contributed by atoms with Crippen molar-refractivity contribution in [3.05, 3.63) is 35.9 Å². The van der Waals surface area contributed by atoms with Gasteiger partial charge in [0, 0.05) is 24.4 Å². The van der Waals surface area contributed by atoms with Crippen LogP contribution < -0.4 is 0 Å². The molecule has 0 amide bonds. The first-order chi connectivity index (χ1) is 12.0. The van der Waals surface area contributed by atoms with Gasteiger partial charge in [-0.2, -0.15) is 0 Å². The molecule has 0 saturated carbocycles. The number of benzene rings is 1. The van der Waals surface area contributed by atoms with Gasteiger partial charge in [-0.15, -0.1) is 0 Å². The lowest BCUT2D eigenvalue weighted by atomic mass is 9.79. The van der Waals surface area contributed by atoms with E-state index in [1.165, 1.54) is 0 Å². The van der Waals surface area contributed by atoms with E-state index in [-0.39, 0.29) is 24.6 Å². The number of likely N-dealkylation sites (N-methyl/N-ethyl adjacent to an activating group) is 1. The van der Waals surface area contributed by atoms with Gasteiger partial charge in [0.1, 0.15) is 24.2 Å². The molecular formula is C20H27NO4. The van der Waals surface area contributed by atoms with Crippen LogP contribution in [0.4, 0.5) is 0 Å². The van der Waals surface area contributed by atoms with Gasteiger partial charge in [-0.05, 0) is 18.5 Å².